The van der Waals surface area contributed by atoms with Crippen LogP contribution in [0, 0.1) is 20.8 Å². The Morgan fingerprint density at radius 1 is 0.889 bits per heavy atom. The number of hydrogen-bond donors (Lipinski definition) is 0. The van der Waals surface area contributed by atoms with Crippen molar-refractivity contribution >= 4 is 21.6 Å². The van der Waals surface area contributed by atoms with Gasteiger partial charge in [-0.25, -0.2) is 13.2 Å². The van der Waals surface area contributed by atoms with Gasteiger partial charge in [0.25, 0.3) is 0 Å². The third-order valence-corrected chi connectivity index (χ3v) is 7.13. The minimum absolute atomic E-state index is 0.0286. The Hall–Kier alpha value is -2.34. The number of fused-ring (bicyclic) bond motifs is 1. The van der Waals surface area contributed by atoms with E-state index in [4.69, 9.17) is 0 Å². The van der Waals surface area contributed by atoms with Gasteiger partial charge in [-0.1, -0.05) is 35.9 Å². The van der Waals surface area contributed by atoms with E-state index in [9.17, 15) is 13.2 Å². The minimum atomic E-state index is -3.16. The second-order valence-corrected chi connectivity index (χ2v) is 9.98. The highest BCUT2D eigenvalue weighted by atomic mass is 32.2. The molecule has 2 aromatic rings. The lowest BCUT2D eigenvalue weighted by Crippen LogP contribution is -2.37. The van der Waals surface area contributed by atoms with Crippen LogP contribution in [0.1, 0.15) is 22.3 Å². The van der Waals surface area contributed by atoms with Crippen molar-refractivity contribution in [2.45, 2.75) is 39.4 Å². The Balaban J connectivity index is 1.72. The zero-order valence-electron chi connectivity index (χ0n) is 15.8. The van der Waals surface area contributed by atoms with Crippen molar-refractivity contribution in [3.63, 3.8) is 0 Å². The highest BCUT2D eigenvalue weighted by Crippen LogP contribution is 2.36. The van der Waals surface area contributed by atoms with Gasteiger partial charge in [0.05, 0.1) is 23.6 Å². The molecule has 0 N–H and O–H groups in total. The van der Waals surface area contributed by atoms with E-state index in [2.05, 4.69) is 6.07 Å². The molecule has 2 aliphatic heterocycles. The van der Waals surface area contributed by atoms with Crippen LogP contribution in [-0.4, -0.2) is 42.9 Å². The van der Waals surface area contributed by atoms with Gasteiger partial charge in [0, 0.05) is 12.2 Å². The number of anilines is 1. The number of sulfone groups is 1. The van der Waals surface area contributed by atoms with Gasteiger partial charge in [-0.05, 0) is 49.6 Å². The Kier molecular flexibility index (Phi) is 4.26. The van der Waals surface area contributed by atoms with Gasteiger partial charge in [0.2, 0.25) is 0 Å². The average Bonchev–Trinajstić information content (AvgIpc) is 2.99. The summed E-state index contributed by atoms with van der Waals surface area (Å²) in [4.78, 5) is 16.7. The molecule has 2 saturated heterocycles. The van der Waals surface area contributed by atoms with E-state index >= 15 is 0 Å². The van der Waals surface area contributed by atoms with E-state index in [1.165, 1.54) is 0 Å². The van der Waals surface area contributed by atoms with E-state index in [1.807, 2.05) is 57.2 Å². The monoisotopic (exact) mass is 384 g/mol. The summed E-state index contributed by atoms with van der Waals surface area (Å²) in [6.07, 6.45) is 0. The summed E-state index contributed by atoms with van der Waals surface area (Å²) in [6.45, 7) is 6.43. The Morgan fingerprint density at radius 3 is 2.11 bits per heavy atom. The van der Waals surface area contributed by atoms with Gasteiger partial charge in [-0.3, -0.25) is 4.90 Å². The molecule has 6 heteroatoms. The first-order valence-electron chi connectivity index (χ1n) is 9.18. The summed E-state index contributed by atoms with van der Waals surface area (Å²) < 4.78 is 24.7. The summed E-state index contributed by atoms with van der Waals surface area (Å²) in [5.41, 5.74) is 5.08. The first-order chi connectivity index (χ1) is 12.7. The zero-order chi connectivity index (χ0) is 19.3. The SMILES string of the molecule is Cc1ccc(CN2C(=O)N(c3cc(C)cc(C)c3)[C@@H]3CS(=O)(=O)C[C@H]32)cc1. The lowest BCUT2D eigenvalue weighted by Gasteiger charge is -2.23. The fraction of sp³-hybridized carbons (Fsp3) is 0.381. The van der Waals surface area contributed by atoms with Crippen LogP contribution in [0.5, 0.6) is 0 Å². The summed E-state index contributed by atoms with van der Waals surface area (Å²) in [7, 11) is -3.16. The van der Waals surface area contributed by atoms with Crippen LogP contribution in [0.25, 0.3) is 0 Å². The largest absolute Gasteiger partial charge is 0.325 e. The van der Waals surface area contributed by atoms with Crippen LogP contribution < -0.4 is 4.90 Å². The zero-order valence-corrected chi connectivity index (χ0v) is 16.7. The van der Waals surface area contributed by atoms with E-state index in [-0.39, 0.29) is 29.6 Å². The Bertz CT molecular complexity index is 978. The van der Waals surface area contributed by atoms with Gasteiger partial charge >= 0.3 is 6.03 Å². The normalized spacial score (nSPS) is 23.7. The molecule has 2 amide bonds. The number of urea groups is 1. The maximum atomic E-state index is 13.3. The molecular weight excluding hydrogens is 360 g/mol. The number of carbonyl (C=O) groups excluding carboxylic acids is 1. The van der Waals surface area contributed by atoms with Crippen molar-refractivity contribution in [1.29, 1.82) is 0 Å². The molecule has 142 valence electrons. The molecule has 0 bridgehead atoms. The van der Waals surface area contributed by atoms with Crippen LogP contribution >= 0.6 is 0 Å². The molecule has 2 aromatic carbocycles. The van der Waals surface area contributed by atoms with Gasteiger partial charge in [-0.15, -0.1) is 0 Å². The standard InChI is InChI=1S/C21H24N2O3S/c1-14-4-6-17(7-5-14)11-22-19-12-27(25,26)13-20(19)23(21(22)24)18-9-15(2)8-16(3)10-18/h4-10,19-20H,11-13H2,1-3H3/t19-,20-/m1/s1. The average molecular weight is 385 g/mol. The van der Waals surface area contributed by atoms with Gasteiger partial charge < -0.3 is 4.90 Å². The number of rotatable bonds is 3. The highest BCUT2D eigenvalue weighted by molar-refractivity contribution is 7.91. The highest BCUT2D eigenvalue weighted by Gasteiger charge is 2.53. The van der Waals surface area contributed by atoms with Crippen molar-refractivity contribution in [2.24, 2.45) is 0 Å². The van der Waals surface area contributed by atoms with Crippen LogP contribution in [0.2, 0.25) is 0 Å². The van der Waals surface area contributed by atoms with Crippen LogP contribution in [0.4, 0.5) is 10.5 Å². The van der Waals surface area contributed by atoms with Crippen molar-refractivity contribution in [3.05, 3.63) is 64.7 Å². The smallest absolute Gasteiger partial charge is 0.314 e. The third-order valence-electron chi connectivity index (χ3n) is 5.44. The van der Waals surface area contributed by atoms with Crippen molar-refractivity contribution < 1.29 is 13.2 Å². The molecule has 2 fully saturated rings. The van der Waals surface area contributed by atoms with E-state index < -0.39 is 9.84 Å². The number of nitrogens with zero attached hydrogens (tertiary/aromatic N) is 2. The van der Waals surface area contributed by atoms with Crippen LogP contribution in [-0.2, 0) is 16.4 Å². The molecule has 0 aromatic heterocycles. The summed E-state index contributed by atoms with van der Waals surface area (Å²) >= 11 is 0. The van der Waals surface area contributed by atoms with Crippen molar-refractivity contribution in [3.8, 4) is 0 Å². The maximum absolute atomic E-state index is 13.3. The van der Waals surface area contributed by atoms with Crippen molar-refractivity contribution in [2.75, 3.05) is 16.4 Å². The number of hydrogen-bond acceptors (Lipinski definition) is 3. The van der Waals surface area contributed by atoms with Crippen molar-refractivity contribution in [1.82, 2.24) is 4.90 Å². The number of aryl methyl sites for hydroxylation is 3. The van der Waals surface area contributed by atoms with Crippen LogP contribution in [0.15, 0.2) is 42.5 Å². The summed E-state index contributed by atoms with van der Waals surface area (Å²) in [5, 5.41) is 0. The second kappa shape index (κ2) is 6.37. The lowest BCUT2D eigenvalue weighted by atomic mass is 10.1. The van der Waals surface area contributed by atoms with Gasteiger partial charge in [0.1, 0.15) is 0 Å². The molecule has 0 unspecified atom stereocenters. The van der Waals surface area contributed by atoms with Gasteiger partial charge in [0.15, 0.2) is 9.84 Å². The second-order valence-electron chi connectivity index (χ2n) is 7.82. The molecular formula is C21H24N2O3S. The first-order valence-corrected chi connectivity index (χ1v) is 11.0. The molecule has 2 heterocycles. The molecule has 0 radical (unpaired) electrons. The molecule has 0 spiro atoms. The lowest BCUT2D eigenvalue weighted by molar-refractivity contribution is 0.206. The molecule has 5 nitrogen and oxygen atoms in total. The fourth-order valence-electron chi connectivity index (χ4n) is 4.24. The Labute approximate surface area is 160 Å². The van der Waals surface area contributed by atoms with E-state index in [0.29, 0.717) is 6.54 Å². The summed E-state index contributed by atoms with van der Waals surface area (Å²) in [6, 6.07) is 13.3. The predicted molar refractivity (Wildman–Crippen MR) is 107 cm³/mol. The van der Waals surface area contributed by atoms with E-state index in [1.54, 1.807) is 9.80 Å². The third kappa shape index (κ3) is 3.34. The number of benzene rings is 2. The Morgan fingerprint density at radius 2 is 1.48 bits per heavy atom. The first kappa shape index (κ1) is 18.0. The van der Waals surface area contributed by atoms with E-state index in [0.717, 1.165) is 27.9 Å². The fourth-order valence-corrected chi connectivity index (χ4v) is 6.19. The molecule has 2 aliphatic rings. The maximum Gasteiger partial charge on any atom is 0.325 e. The molecule has 0 saturated carbocycles. The number of carbonyl (C=O) groups is 1. The molecule has 2 atom stereocenters. The topological polar surface area (TPSA) is 57.7 Å². The summed E-state index contributed by atoms with van der Waals surface area (Å²) in [5.74, 6) is 0.0668. The minimum Gasteiger partial charge on any atom is -0.314 e. The van der Waals surface area contributed by atoms with Gasteiger partial charge in [-0.2, -0.15) is 0 Å². The number of amides is 2. The predicted octanol–water partition coefficient (Wildman–Crippen LogP) is 3.22. The quantitative estimate of drug-likeness (QED) is 0.764. The molecule has 0 aliphatic carbocycles. The molecule has 4 rings (SSSR count). The molecule has 27 heavy (non-hydrogen) atoms. The van der Waals surface area contributed by atoms with Crippen LogP contribution in [0.3, 0.4) is 0 Å².